The van der Waals surface area contributed by atoms with Gasteiger partial charge < -0.3 is 0 Å². The lowest BCUT2D eigenvalue weighted by atomic mass is 9.88. The molecule has 1 unspecified atom stereocenters. The van der Waals surface area contributed by atoms with E-state index in [0.29, 0.717) is 5.92 Å². The van der Waals surface area contributed by atoms with Crippen molar-refractivity contribution in [2.24, 2.45) is 11.8 Å². The van der Waals surface area contributed by atoms with Crippen molar-refractivity contribution in [1.29, 1.82) is 0 Å². The predicted octanol–water partition coefficient (Wildman–Crippen LogP) is 9.35. The van der Waals surface area contributed by atoms with Gasteiger partial charge in [-0.1, -0.05) is 70.4 Å². The fourth-order valence-corrected chi connectivity index (χ4v) is 4.07. The summed E-state index contributed by atoms with van der Waals surface area (Å²) in [6, 6.07) is 0. The SMILES string of the molecule is CC/C=C\C(CC)=C(/C)C(C)C/C=C1\CCCCC\C1=C(/C)CCC(C)C. The number of allylic oxidation sites excluding steroid dienone is 8. The van der Waals surface area contributed by atoms with Gasteiger partial charge >= 0.3 is 0 Å². The van der Waals surface area contributed by atoms with Crippen LogP contribution >= 0.6 is 0 Å². The Hall–Kier alpha value is -1.04. The first-order chi connectivity index (χ1) is 12.9. The minimum Gasteiger partial charge on any atom is -0.0845 e. The molecule has 0 aliphatic heterocycles. The van der Waals surface area contributed by atoms with Gasteiger partial charge in [0.15, 0.2) is 0 Å². The van der Waals surface area contributed by atoms with E-state index in [1.54, 1.807) is 22.3 Å². The summed E-state index contributed by atoms with van der Waals surface area (Å²) < 4.78 is 0. The largest absolute Gasteiger partial charge is 0.0845 e. The van der Waals surface area contributed by atoms with Gasteiger partial charge in [0.1, 0.15) is 0 Å². The molecule has 1 saturated carbocycles. The van der Waals surface area contributed by atoms with Gasteiger partial charge in [-0.3, -0.25) is 0 Å². The van der Waals surface area contributed by atoms with Crippen molar-refractivity contribution in [3.63, 3.8) is 0 Å². The molecule has 0 aromatic carbocycles. The molecule has 1 aliphatic carbocycles. The summed E-state index contributed by atoms with van der Waals surface area (Å²) in [5.74, 6) is 1.43. The molecule has 0 saturated heterocycles. The molecule has 0 N–H and O–H groups in total. The average Bonchev–Trinajstić information content (AvgIpc) is 2.90. The lowest BCUT2D eigenvalue weighted by molar-refractivity contribution is 0.582. The first-order valence-electron chi connectivity index (χ1n) is 11.6. The quantitative estimate of drug-likeness (QED) is 0.280. The Balaban J connectivity index is 2.97. The van der Waals surface area contributed by atoms with Crippen molar-refractivity contribution in [2.45, 2.75) is 113 Å². The molecule has 1 rings (SSSR count). The molecule has 0 heterocycles. The molecule has 0 heteroatoms. The third kappa shape index (κ3) is 8.67. The molecule has 0 spiro atoms. The molecule has 1 aliphatic rings. The van der Waals surface area contributed by atoms with Gasteiger partial charge in [-0.2, -0.15) is 0 Å². The Morgan fingerprint density at radius 2 is 1.70 bits per heavy atom. The molecule has 0 nitrogen and oxygen atoms in total. The monoisotopic (exact) mass is 370 g/mol. The summed E-state index contributed by atoms with van der Waals surface area (Å²) >= 11 is 0. The standard InChI is InChI=1S/C27H46/c1-8-10-14-25(9-2)24(7)22(5)19-20-26-15-12-11-13-16-27(26)23(6)18-17-21(3)4/h10,14,20-22H,8-9,11-13,15-19H2,1-7H3/b14-10-,25-24+,26-20+,27-23-. The Kier molecular flexibility index (Phi) is 11.7. The van der Waals surface area contributed by atoms with Crippen LogP contribution in [0.4, 0.5) is 0 Å². The summed E-state index contributed by atoms with van der Waals surface area (Å²) in [7, 11) is 0. The molecule has 1 fully saturated rings. The first kappa shape index (κ1) is 24.0. The van der Waals surface area contributed by atoms with E-state index in [1.807, 2.05) is 0 Å². The fourth-order valence-electron chi connectivity index (χ4n) is 4.07. The van der Waals surface area contributed by atoms with Crippen LogP contribution < -0.4 is 0 Å². The van der Waals surface area contributed by atoms with Crippen molar-refractivity contribution in [3.05, 3.63) is 46.1 Å². The first-order valence-corrected chi connectivity index (χ1v) is 11.6. The number of hydrogen-bond acceptors (Lipinski definition) is 0. The van der Waals surface area contributed by atoms with Gasteiger partial charge in [0.25, 0.3) is 0 Å². The summed E-state index contributed by atoms with van der Waals surface area (Å²) in [5.41, 5.74) is 8.17. The average molecular weight is 371 g/mol. The highest BCUT2D eigenvalue weighted by atomic mass is 14.2. The van der Waals surface area contributed by atoms with Crippen LogP contribution in [-0.2, 0) is 0 Å². The van der Waals surface area contributed by atoms with Gasteiger partial charge in [-0.15, -0.1) is 0 Å². The maximum absolute atomic E-state index is 2.60. The van der Waals surface area contributed by atoms with Crippen LogP contribution in [-0.4, -0.2) is 0 Å². The molecule has 27 heavy (non-hydrogen) atoms. The minimum absolute atomic E-state index is 0.634. The van der Waals surface area contributed by atoms with E-state index in [4.69, 9.17) is 0 Å². The second-order valence-corrected chi connectivity index (χ2v) is 8.99. The van der Waals surface area contributed by atoms with Crippen LogP contribution in [0.1, 0.15) is 113 Å². The van der Waals surface area contributed by atoms with Crippen molar-refractivity contribution in [1.82, 2.24) is 0 Å². The predicted molar refractivity (Wildman–Crippen MR) is 124 cm³/mol. The highest BCUT2D eigenvalue weighted by Crippen LogP contribution is 2.33. The second kappa shape index (κ2) is 13.2. The van der Waals surface area contributed by atoms with Crippen LogP contribution in [0.5, 0.6) is 0 Å². The highest BCUT2D eigenvalue weighted by molar-refractivity contribution is 5.36. The summed E-state index contributed by atoms with van der Waals surface area (Å²) in [4.78, 5) is 0. The molecule has 1 atom stereocenters. The lowest BCUT2D eigenvalue weighted by Gasteiger charge is -2.18. The molecule has 0 aromatic heterocycles. The van der Waals surface area contributed by atoms with E-state index in [1.165, 1.54) is 56.9 Å². The third-order valence-electron chi connectivity index (χ3n) is 6.27. The Morgan fingerprint density at radius 1 is 1.00 bits per heavy atom. The van der Waals surface area contributed by atoms with E-state index >= 15 is 0 Å². The second-order valence-electron chi connectivity index (χ2n) is 8.99. The van der Waals surface area contributed by atoms with E-state index in [9.17, 15) is 0 Å². The fraction of sp³-hybridized carbons (Fsp3) is 0.704. The van der Waals surface area contributed by atoms with Crippen molar-refractivity contribution in [2.75, 3.05) is 0 Å². The molecule has 154 valence electrons. The van der Waals surface area contributed by atoms with E-state index < -0.39 is 0 Å². The zero-order valence-electron chi connectivity index (χ0n) is 19.5. The topological polar surface area (TPSA) is 0 Å². The van der Waals surface area contributed by atoms with Crippen molar-refractivity contribution < 1.29 is 0 Å². The Bertz CT molecular complexity index is 551. The van der Waals surface area contributed by atoms with Crippen LogP contribution in [0.25, 0.3) is 0 Å². The minimum atomic E-state index is 0.634. The summed E-state index contributed by atoms with van der Waals surface area (Å²) in [6.07, 6.45) is 20.1. The number of rotatable bonds is 9. The maximum Gasteiger partial charge on any atom is -0.0194 e. The van der Waals surface area contributed by atoms with Crippen molar-refractivity contribution >= 4 is 0 Å². The Labute approximate surface area is 170 Å². The van der Waals surface area contributed by atoms with Gasteiger partial charge in [0, 0.05) is 0 Å². The van der Waals surface area contributed by atoms with Crippen LogP contribution in [0, 0.1) is 11.8 Å². The smallest absolute Gasteiger partial charge is 0.0194 e. The molecule has 0 amide bonds. The molecule has 0 radical (unpaired) electrons. The zero-order valence-corrected chi connectivity index (χ0v) is 19.5. The van der Waals surface area contributed by atoms with E-state index in [0.717, 1.165) is 18.8 Å². The normalized spacial score (nSPS) is 21.6. The molecular weight excluding hydrogens is 324 g/mol. The van der Waals surface area contributed by atoms with E-state index in [2.05, 4.69) is 66.7 Å². The van der Waals surface area contributed by atoms with Crippen molar-refractivity contribution in [3.8, 4) is 0 Å². The molecule has 0 bridgehead atoms. The van der Waals surface area contributed by atoms with Gasteiger partial charge in [-0.25, -0.2) is 0 Å². The molecule has 0 aromatic rings. The highest BCUT2D eigenvalue weighted by Gasteiger charge is 2.14. The lowest BCUT2D eigenvalue weighted by Crippen LogP contribution is -2.00. The van der Waals surface area contributed by atoms with Gasteiger partial charge in [0.05, 0.1) is 0 Å². The summed E-state index contributed by atoms with van der Waals surface area (Å²) in [5, 5.41) is 0. The van der Waals surface area contributed by atoms with Gasteiger partial charge in [-0.05, 0) is 100 Å². The molecular formula is C27H46. The van der Waals surface area contributed by atoms with Gasteiger partial charge in [0.2, 0.25) is 0 Å². The van der Waals surface area contributed by atoms with Crippen LogP contribution in [0.15, 0.2) is 46.1 Å². The zero-order chi connectivity index (χ0) is 20.2. The van der Waals surface area contributed by atoms with Crippen LogP contribution in [0.2, 0.25) is 0 Å². The van der Waals surface area contributed by atoms with Crippen LogP contribution in [0.3, 0.4) is 0 Å². The maximum atomic E-state index is 2.60. The Morgan fingerprint density at radius 3 is 2.33 bits per heavy atom. The summed E-state index contributed by atoms with van der Waals surface area (Å²) in [6.45, 7) is 16.3. The third-order valence-corrected chi connectivity index (χ3v) is 6.27. The number of hydrogen-bond donors (Lipinski definition) is 0. The van der Waals surface area contributed by atoms with E-state index in [-0.39, 0.29) is 0 Å².